The molecule has 1 N–H and O–H groups in total. The van der Waals surface area contributed by atoms with Crippen LogP contribution >= 0.6 is 7.82 Å². The molecular formula is C90H149NO8P+. The number of rotatable bonds is 72. The molecule has 0 saturated carbocycles. The Labute approximate surface area is 615 Å². The van der Waals surface area contributed by atoms with Gasteiger partial charge in [0.1, 0.15) is 19.8 Å². The van der Waals surface area contributed by atoms with Gasteiger partial charge in [-0.15, -0.1) is 0 Å². The number of quaternary nitrogens is 1. The van der Waals surface area contributed by atoms with E-state index in [2.05, 4.69) is 208 Å². The van der Waals surface area contributed by atoms with Crippen molar-refractivity contribution in [3.05, 3.63) is 194 Å². The van der Waals surface area contributed by atoms with E-state index in [1.807, 2.05) is 21.1 Å². The molecule has 0 saturated heterocycles. The van der Waals surface area contributed by atoms with Gasteiger partial charge >= 0.3 is 19.8 Å². The quantitative estimate of drug-likeness (QED) is 0.0211. The lowest BCUT2D eigenvalue weighted by molar-refractivity contribution is -0.870. The average molecular weight is 1400 g/mol. The van der Waals surface area contributed by atoms with Gasteiger partial charge < -0.3 is 18.9 Å². The van der Waals surface area contributed by atoms with E-state index in [1.54, 1.807) is 0 Å². The fourth-order valence-electron chi connectivity index (χ4n) is 10.6. The SMILES string of the molecule is CC/C=C\C/C=C\C/C=C\C/C=C\C/C=C\C/C=C\C/C=C\C/C=C\C/C=C\C/C=C\C/C=C\C/C=C\CCCCCCC(=O)OC(COC(=O)CCCCCCCCCCCCCCCCCCCCCCCC/C=C\C/C=C\C/C=C\C/C=C\CC)COP(=O)(O)OCC[N+](C)(C)C. The van der Waals surface area contributed by atoms with Crippen molar-refractivity contribution < 1.29 is 42.1 Å². The van der Waals surface area contributed by atoms with Gasteiger partial charge in [0.2, 0.25) is 0 Å². The summed E-state index contributed by atoms with van der Waals surface area (Å²) >= 11 is 0. The summed E-state index contributed by atoms with van der Waals surface area (Å²) in [6.07, 6.45) is 121. The van der Waals surface area contributed by atoms with Crippen LogP contribution in [0.5, 0.6) is 0 Å². The summed E-state index contributed by atoms with van der Waals surface area (Å²) in [6, 6.07) is 0. The maximum Gasteiger partial charge on any atom is 0.472 e. The molecule has 2 unspecified atom stereocenters. The van der Waals surface area contributed by atoms with E-state index in [9.17, 15) is 19.0 Å². The van der Waals surface area contributed by atoms with Crippen LogP contribution in [0.2, 0.25) is 0 Å². The van der Waals surface area contributed by atoms with Crippen LogP contribution in [-0.4, -0.2) is 74.9 Å². The zero-order valence-electron chi connectivity index (χ0n) is 64.6. The third-order valence-corrected chi connectivity index (χ3v) is 17.6. The Hall–Kier alpha value is -5.15. The van der Waals surface area contributed by atoms with E-state index in [-0.39, 0.29) is 32.0 Å². The molecule has 9 nitrogen and oxygen atoms in total. The minimum Gasteiger partial charge on any atom is -0.462 e. The topological polar surface area (TPSA) is 108 Å². The van der Waals surface area contributed by atoms with Crippen LogP contribution in [0.4, 0.5) is 0 Å². The van der Waals surface area contributed by atoms with Crippen molar-refractivity contribution in [3.63, 3.8) is 0 Å². The van der Waals surface area contributed by atoms with E-state index in [4.69, 9.17) is 18.5 Å². The van der Waals surface area contributed by atoms with Gasteiger partial charge in [0.15, 0.2) is 6.10 Å². The van der Waals surface area contributed by atoms with Gasteiger partial charge in [-0.3, -0.25) is 18.6 Å². The van der Waals surface area contributed by atoms with E-state index in [1.165, 1.54) is 128 Å². The number of phosphoric acid groups is 1. The molecule has 0 aliphatic heterocycles. The van der Waals surface area contributed by atoms with Crippen molar-refractivity contribution in [2.75, 3.05) is 47.5 Å². The molecule has 0 amide bonds. The van der Waals surface area contributed by atoms with Crippen LogP contribution in [0.25, 0.3) is 0 Å². The monoisotopic (exact) mass is 1400 g/mol. The van der Waals surface area contributed by atoms with Gasteiger partial charge in [-0.05, 0) is 141 Å². The third-order valence-electron chi connectivity index (χ3n) is 16.6. The molecule has 0 radical (unpaired) electrons. The van der Waals surface area contributed by atoms with Crippen molar-refractivity contribution in [2.24, 2.45) is 0 Å². The van der Waals surface area contributed by atoms with Gasteiger partial charge in [-0.2, -0.15) is 0 Å². The van der Waals surface area contributed by atoms with E-state index < -0.39 is 26.5 Å². The van der Waals surface area contributed by atoms with Crippen LogP contribution in [0.1, 0.15) is 309 Å². The minimum absolute atomic E-state index is 0.0182. The molecule has 0 aliphatic rings. The van der Waals surface area contributed by atoms with Crippen molar-refractivity contribution in [3.8, 4) is 0 Å². The first-order valence-electron chi connectivity index (χ1n) is 40.2. The molecule has 0 aromatic heterocycles. The predicted octanol–water partition coefficient (Wildman–Crippen LogP) is 27.2. The fourth-order valence-corrected chi connectivity index (χ4v) is 11.3. The Morgan fingerprint density at radius 1 is 0.310 bits per heavy atom. The Morgan fingerprint density at radius 2 is 0.540 bits per heavy atom. The highest BCUT2D eigenvalue weighted by molar-refractivity contribution is 7.47. The first kappa shape index (κ1) is 94.8. The highest BCUT2D eigenvalue weighted by Crippen LogP contribution is 2.43. The molecule has 100 heavy (non-hydrogen) atoms. The van der Waals surface area contributed by atoms with Gasteiger partial charge in [0, 0.05) is 12.8 Å². The second kappa shape index (κ2) is 78.0. The molecule has 0 rings (SSSR count). The second-order valence-corrected chi connectivity index (χ2v) is 28.8. The van der Waals surface area contributed by atoms with Crippen molar-refractivity contribution in [1.82, 2.24) is 0 Å². The summed E-state index contributed by atoms with van der Waals surface area (Å²) in [4.78, 5) is 36.0. The van der Waals surface area contributed by atoms with Crippen LogP contribution in [0, 0.1) is 0 Å². The number of carbonyl (C=O) groups is 2. The maximum atomic E-state index is 12.9. The van der Waals surface area contributed by atoms with E-state index in [0.29, 0.717) is 17.4 Å². The Kier molecular flexibility index (Phi) is 74.0. The van der Waals surface area contributed by atoms with Gasteiger partial charge in [0.25, 0.3) is 0 Å². The molecule has 2 atom stereocenters. The minimum atomic E-state index is -4.42. The maximum absolute atomic E-state index is 12.9. The predicted molar refractivity (Wildman–Crippen MR) is 435 cm³/mol. The molecule has 0 aromatic rings. The number of hydrogen-bond donors (Lipinski definition) is 1. The number of esters is 2. The summed E-state index contributed by atoms with van der Waals surface area (Å²) in [5.74, 6) is -0.829. The molecular weight excluding hydrogens is 1250 g/mol. The third kappa shape index (κ3) is 81.8. The first-order valence-corrected chi connectivity index (χ1v) is 41.7. The Balaban J connectivity index is 4.09. The molecule has 0 aliphatic carbocycles. The van der Waals surface area contributed by atoms with E-state index in [0.717, 1.165) is 148 Å². The van der Waals surface area contributed by atoms with Gasteiger partial charge in [0.05, 0.1) is 27.7 Å². The van der Waals surface area contributed by atoms with Crippen LogP contribution in [-0.2, 0) is 32.7 Å². The Morgan fingerprint density at radius 3 is 0.800 bits per heavy atom. The van der Waals surface area contributed by atoms with E-state index >= 15 is 0 Å². The lowest BCUT2D eigenvalue weighted by atomic mass is 10.0. The summed E-state index contributed by atoms with van der Waals surface area (Å²) in [7, 11) is 1.44. The second-order valence-electron chi connectivity index (χ2n) is 27.3. The summed E-state index contributed by atoms with van der Waals surface area (Å²) < 4.78 is 34.8. The number of unbranched alkanes of at least 4 members (excludes halogenated alkanes) is 26. The normalized spacial score (nSPS) is 14.1. The number of nitrogens with zero attached hydrogens (tertiary/aromatic N) is 1. The first-order chi connectivity index (χ1) is 49.0. The lowest BCUT2D eigenvalue weighted by Gasteiger charge is -2.24. The molecule has 0 fully saturated rings. The largest absolute Gasteiger partial charge is 0.472 e. The number of carbonyl (C=O) groups excluding carboxylic acids is 2. The zero-order chi connectivity index (χ0) is 72.5. The highest BCUT2D eigenvalue weighted by Gasteiger charge is 2.27. The molecule has 0 bridgehead atoms. The van der Waals surface area contributed by atoms with Crippen molar-refractivity contribution in [1.29, 1.82) is 0 Å². The lowest BCUT2D eigenvalue weighted by Crippen LogP contribution is -2.37. The smallest absolute Gasteiger partial charge is 0.462 e. The number of ether oxygens (including phenoxy) is 2. The molecule has 10 heteroatoms. The standard InChI is InChI=1S/C90H148NO8P/c1-6-8-10-12-14-16-18-20-22-24-26-28-30-32-34-36-38-40-42-43-44-45-46-47-49-51-53-55-57-59-61-63-65-67-69-71-73-75-77-79-81-83-90(93)99-88(87-98-100(94,95)97-85-84-91(3,4)5)86-96-89(92)82-80-78-76-74-72-70-68-66-64-62-60-58-56-54-52-50-48-41-39-37-35-33-31-29-27-25-23-21-19-17-15-13-11-9-7-2/h8-11,14-17,20-23,26-29,32,34,38,40,43-44,46-47,51,53,57,59,63,65,69,71,88H,6-7,12-13,18-19,24-25,30-31,33,35-37,39,41-42,45,48-50,52,54-56,58,60-62,64,66-68,70,72-87H2,1-5H3/p+1/b10-8-,11-9-,16-14-,17-15-,22-20-,23-21-,28-26-,29-27-,34-32-,40-38-,44-43-,47-46-,53-51-,59-57-,65-63-,71-69-. The zero-order valence-corrected chi connectivity index (χ0v) is 65.5. The molecule has 566 valence electrons. The fraction of sp³-hybridized carbons (Fsp3) is 0.622. The van der Waals surface area contributed by atoms with Crippen molar-refractivity contribution >= 4 is 19.8 Å². The summed E-state index contributed by atoms with van der Waals surface area (Å²) in [5, 5.41) is 0. The molecule has 0 aromatic carbocycles. The van der Waals surface area contributed by atoms with Crippen molar-refractivity contribution in [2.45, 2.75) is 315 Å². The molecule has 0 heterocycles. The van der Waals surface area contributed by atoms with Gasteiger partial charge in [-0.25, -0.2) is 4.57 Å². The van der Waals surface area contributed by atoms with Crippen LogP contribution in [0.15, 0.2) is 194 Å². The number of hydrogen-bond acceptors (Lipinski definition) is 7. The number of likely N-dealkylation sites (N-methyl/N-ethyl adjacent to an activating group) is 1. The summed E-state index contributed by atoms with van der Waals surface area (Å²) in [5.41, 5.74) is 0. The highest BCUT2D eigenvalue weighted by atomic mass is 31.2. The Bertz CT molecular complexity index is 2400. The average Bonchev–Trinajstić information content (AvgIpc) is 1.30. The van der Waals surface area contributed by atoms with Crippen LogP contribution in [0.3, 0.4) is 0 Å². The molecule has 0 spiro atoms. The van der Waals surface area contributed by atoms with Crippen LogP contribution < -0.4 is 0 Å². The number of allylic oxidation sites excluding steroid dienone is 32. The number of phosphoric ester groups is 1. The summed E-state index contributed by atoms with van der Waals surface area (Å²) in [6.45, 7) is 4.18. The van der Waals surface area contributed by atoms with Gasteiger partial charge in [-0.1, -0.05) is 350 Å².